The first kappa shape index (κ1) is 14.0. The van der Waals surface area contributed by atoms with Crippen molar-refractivity contribution in [1.82, 2.24) is 25.1 Å². The minimum atomic E-state index is 0.0696. The predicted octanol–water partition coefficient (Wildman–Crippen LogP) is 2.96. The molecule has 0 aliphatic carbocycles. The van der Waals surface area contributed by atoms with Gasteiger partial charge < -0.3 is 9.88 Å². The second-order valence-electron chi connectivity index (χ2n) is 6.11. The lowest BCUT2D eigenvalue weighted by atomic mass is 9.96. The van der Waals surface area contributed by atoms with Crippen molar-refractivity contribution < 1.29 is 4.79 Å². The molecular weight excluding hydrogens is 290 g/mol. The molecular formula is C17H19N5O. The van der Waals surface area contributed by atoms with Gasteiger partial charge in [-0.1, -0.05) is 0 Å². The van der Waals surface area contributed by atoms with Crippen molar-refractivity contribution in [2.45, 2.75) is 32.2 Å². The van der Waals surface area contributed by atoms with Gasteiger partial charge in [0.1, 0.15) is 0 Å². The number of imidazole rings is 1. The number of benzene rings is 1. The molecule has 0 unspecified atom stereocenters. The summed E-state index contributed by atoms with van der Waals surface area (Å²) in [6.45, 7) is 2.82. The number of H-pyrrole nitrogens is 2. The second-order valence-corrected chi connectivity index (χ2v) is 6.11. The van der Waals surface area contributed by atoms with E-state index in [1.807, 2.05) is 36.2 Å². The molecule has 1 aliphatic rings. The third kappa shape index (κ3) is 2.40. The van der Waals surface area contributed by atoms with Gasteiger partial charge in [0.05, 0.1) is 35.3 Å². The number of carbonyl (C=O) groups is 1. The quantitative estimate of drug-likeness (QED) is 0.764. The Morgan fingerprint density at radius 2 is 2.26 bits per heavy atom. The van der Waals surface area contributed by atoms with Gasteiger partial charge in [-0.15, -0.1) is 0 Å². The summed E-state index contributed by atoms with van der Waals surface area (Å²) < 4.78 is 0. The van der Waals surface area contributed by atoms with Gasteiger partial charge in [0.2, 0.25) is 0 Å². The van der Waals surface area contributed by atoms with E-state index in [1.54, 1.807) is 6.33 Å². The van der Waals surface area contributed by atoms with Crippen LogP contribution in [0.25, 0.3) is 11.0 Å². The van der Waals surface area contributed by atoms with Gasteiger partial charge in [0.25, 0.3) is 5.91 Å². The first-order valence-electron chi connectivity index (χ1n) is 7.98. The highest BCUT2D eigenvalue weighted by molar-refractivity contribution is 5.97. The van der Waals surface area contributed by atoms with E-state index < -0.39 is 0 Å². The van der Waals surface area contributed by atoms with Crippen LogP contribution in [-0.2, 0) is 0 Å². The lowest BCUT2D eigenvalue weighted by Gasteiger charge is -2.35. The van der Waals surface area contributed by atoms with Gasteiger partial charge in [0.15, 0.2) is 0 Å². The normalized spacial score (nSPS) is 18.5. The molecule has 1 amide bonds. The Morgan fingerprint density at radius 3 is 3.09 bits per heavy atom. The summed E-state index contributed by atoms with van der Waals surface area (Å²) in [6, 6.07) is 5.71. The van der Waals surface area contributed by atoms with Gasteiger partial charge >= 0.3 is 0 Å². The summed E-state index contributed by atoms with van der Waals surface area (Å²) in [5.41, 5.74) is 4.63. The summed E-state index contributed by atoms with van der Waals surface area (Å²) in [5, 5.41) is 7.20. The molecule has 2 N–H and O–H groups in total. The maximum Gasteiger partial charge on any atom is 0.254 e. The van der Waals surface area contributed by atoms with E-state index >= 15 is 0 Å². The summed E-state index contributed by atoms with van der Waals surface area (Å²) in [4.78, 5) is 22.3. The first-order chi connectivity index (χ1) is 11.2. The lowest BCUT2D eigenvalue weighted by molar-refractivity contribution is 0.0605. The number of aromatic nitrogens is 4. The van der Waals surface area contributed by atoms with Crippen LogP contribution >= 0.6 is 0 Å². The Balaban J connectivity index is 1.68. The molecule has 1 fully saturated rings. The lowest BCUT2D eigenvalue weighted by Crippen LogP contribution is -2.39. The number of aryl methyl sites for hydroxylation is 1. The Bertz CT molecular complexity index is 849. The zero-order valence-electron chi connectivity index (χ0n) is 13.0. The summed E-state index contributed by atoms with van der Waals surface area (Å²) in [5.74, 6) is 0.0696. The van der Waals surface area contributed by atoms with Gasteiger partial charge in [-0.2, -0.15) is 5.10 Å². The molecule has 6 heteroatoms. The highest BCUT2D eigenvalue weighted by Gasteiger charge is 2.30. The van der Waals surface area contributed by atoms with Crippen LogP contribution in [0.1, 0.15) is 46.9 Å². The maximum absolute atomic E-state index is 13.0. The zero-order valence-corrected chi connectivity index (χ0v) is 13.0. The number of aromatic amines is 2. The number of nitrogens with one attached hydrogen (secondary N) is 2. The molecule has 4 rings (SSSR count). The predicted molar refractivity (Wildman–Crippen MR) is 87.0 cm³/mol. The van der Waals surface area contributed by atoms with E-state index in [2.05, 4.69) is 20.2 Å². The van der Waals surface area contributed by atoms with Crippen LogP contribution < -0.4 is 0 Å². The van der Waals surface area contributed by atoms with Crippen molar-refractivity contribution in [3.63, 3.8) is 0 Å². The third-order valence-corrected chi connectivity index (χ3v) is 4.63. The molecule has 2 aromatic heterocycles. The summed E-state index contributed by atoms with van der Waals surface area (Å²) in [6.07, 6.45) is 6.62. The fraction of sp³-hybridized carbons (Fsp3) is 0.353. The Hall–Kier alpha value is -2.63. The first-order valence-corrected chi connectivity index (χ1v) is 7.98. The summed E-state index contributed by atoms with van der Waals surface area (Å²) >= 11 is 0. The fourth-order valence-corrected chi connectivity index (χ4v) is 3.40. The fourth-order valence-electron chi connectivity index (χ4n) is 3.40. The molecule has 0 spiro atoms. The van der Waals surface area contributed by atoms with Crippen molar-refractivity contribution >= 4 is 16.9 Å². The van der Waals surface area contributed by atoms with E-state index in [1.165, 1.54) is 0 Å². The van der Waals surface area contributed by atoms with Crippen LogP contribution in [0, 0.1) is 6.92 Å². The molecule has 1 aromatic carbocycles. The van der Waals surface area contributed by atoms with Crippen LogP contribution in [0.2, 0.25) is 0 Å². The molecule has 0 bridgehead atoms. The van der Waals surface area contributed by atoms with Crippen molar-refractivity contribution in [2.24, 2.45) is 0 Å². The SMILES string of the molecule is Cc1cn[nH]c1[C@@H]1CCCCN1C(=O)c1ccc2nc[nH]c2c1. The van der Waals surface area contributed by atoms with E-state index in [9.17, 15) is 4.79 Å². The van der Waals surface area contributed by atoms with Crippen molar-refractivity contribution in [2.75, 3.05) is 6.54 Å². The van der Waals surface area contributed by atoms with Crippen molar-refractivity contribution in [3.05, 3.63) is 47.5 Å². The standard InChI is InChI=1S/C17H19N5O/c1-11-9-20-21-16(11)15-4-2-3-7-22(15)17(23)12-5-6-13-14(8-12)19-10-18-13/h5-6,8-10,15H,2-4,7H2,1H3,(H,18,19)(H,20,21)/t15-/m0/s1. The number of likely N-dealkylation sites (tertiary alicyclic amines) is 1. The average Bonchev–Trinajstić information content (AvgIpc) is 3.22. The maximum atomic E-state index is 13.0. The molecule has 23 heavy (non-hydrogen) atoms. The topological polar surface area (TPSA) is 77.7 Å². The third-order valence-electron chi connectivity index (χ3n) is 4.63. The highest BCUT2D eigenvalue weighted by atomic mass is 16.2. The number of amides is 1. The monoisotopic (exact) mass is 309 g/mol. The van der Waals surface area contributed by atoms with Crippen LogP contribution in [-0.4, -0.2) is 37.5 Å². The van der Waals surface area contributed by atoms with Crippen LogP contribution in [0.15, 0.2) is 30.7 Å². The average molecular weight is 309 g/mol. The van der Waals surface area contributed by atoms with Crippen LogP contribution in [0.3, 0.4) is 0 Å². The van der Waals surface area contributed by atoms with E-state index in [0.29, 0.717) is 5.56 Å². The summed E-state index contributed by atoms with van der Waals surface area (Å²) in [7, 11) is 0. The van der Waals surface area contributed by atoms with Gasteiger partial charge in [-0.25, -0.2) is 4.98 Å². The largest absolute Gasteiger partial charge is 0.345 e. The molecule has 3 heterocycles. The zero-order chi connectivity index (χ0) is 15.8. The molecule has 1 atom stereocenters. The Labute approximate surface area is 133 Å². The van der Waals surface area contributed by atoms with Gasteiger partial charge in [0, 0.05) is 12.1 Å². The Morgan fingerprint density at radius 1 is 1.35 bits per heavy atom. The molecule has 0 radical (unpaired) electrons. The minimum absolute atomic E-state index is 0.0696. The number of rotatable bonds is 2. The van der Waals surface area contributed by atoms with Gasteiger partial charge in [-0.3, -0.25) is 9.89 Å². The molecule has 6 nitrogen and oxygen atoms in total. The number of hydrogen-bond acceptors (Lipinski definition) is 3. The highest BCUT2D eigenvalue weighted by Crippen LogP contribution is 2.32. The van der Waals surface area contributed by atoms with Gasteiger partial charge in [-0.05, 0) is 49.9 Å². The molecule has 1 saturated heterocycles. The Kier molecular flexibility index (Phi) is 3.37. The second kappa shape index (κ2) is 5.53. The molecule has 3 aromatic rings. The van der Waals surface area contributed by atoms with Crippen molar-refractivity contribution in [3.8, 4) is 0 Å². The molecule has 0 saturated carbocycles. The minimum Gasteiger partial charge on any atom is -0.345 e. The van der Waals surface area contributed by atoms with E-state index in [-0.39, 0.29) is 11.9 Å². The van der Waals surface area contributed by atoms with E-state index in [4.69, 9.17) is 0 Å². The van der Waals surface area contributed by atoms with Crippen LogP contribution in [0.5, 0.6) is 0 Å². The smallest absolute Gasteiger partial charge is 0.254 e. The number of nitrogens with zero attached hydrogens (tertiary/aromatic N) is 3. The number of carbonyl (C=O) groups excluding carboxylic acids is 1. The number of hydrogen-bond donors (Lipinski definition) is 2. The number of fused-ring (bicyclic) bond motifs is 1. The number of piperidine rings is 1. The van der Waals surface area contributed by atoms with E-state index in [0.717, 1.165) is 48.1 Å². The van der Waals surface area contributed by atoms with Crippen molar-refractivity contribution in [1.29, 1.82) is 0 Å². The van der Waals surface area contributed by atoms with Crippen LogP contribution in [0.4, 0.5) is 0 Å². The molecule has 1 aliphatic heterocycles. The molecule has 118 valence electrons.